The molecule has 2 atom stereocenters. The molecule has 0 aromatic carbocycles. The summed E-state index contributed by atoms with van der Waals surface area (Å²) in [7, 11) is -2.00. The highest BCUT2D eigenvalue weighted by Gasteiger charge is 2.49. The first-order valence-corrected chi connectivity index (χ1v) is 10.6. The van der Waals surface area contributed by atoms with Crippen LogP contribution in [0.4, 0.5) is 0 Å². The van der Waals surface area contributed by atoms with E-state index in [1.165, 1.54) is 0 Å². The molecule has 0 saturated carbocycles. The Hall–Kier alpha value is -0.653. The highest BCUT2D eigenvalue weighted by molar-refractivity contribution is 6.74. The molecule has 1 heterocycles. The van der Waals surface area contributed by atoms with Crippen molar-refractivity contribution >= 4 is 14.2 Å². The zero-order valence-corrected chi connectivity index (χ0v) is 15.7. The van der Waals surface area contributed by atoms with Gasteiger partial charge < -0.3 is 14.8 Å². The average Bonchev–Trinajstić information content (AvgIpc) is 2.61. The van der Waals surface area contributed by atoms with E-state index in [2.05, 4.69) is 53.0 Å². The first kappa shape index (κ1) is 18.4. The maximum Gasteiger partial charge on any atom is 0.247 e. The molecule has 5 heteroatoms. The van der Waals surface area contributed by atoms with E-state index < -0.39 is 13.9 Å². The number of hydrogen-bond acceptors (Lipinski definition) is 3. The van der Waals surface area contributed by atoms with E-state index in [0.29, 0.717) is 5.57 Å². The molecular formula is C16H31NO3Si. The molecule has 0 bridgehead atoms. The Morgan fingerprint density at radius 1 is 1.38 bits per heavy atom. The van der Waals surface area contributed by atoms with Crippen LogP contribution in [0.2, 0.25) is 18.1 Å². The van der Waals surface area contributed by atoms with Crippen molar-refractivity contribution in [3.8, 4) is 0 Å². The minimum absolute atomic E-state index is 0.0815. The minimum atomic E-state index is -2.00. The van der Waals surface area contributed by atoms with Crippen LogP contribution in [0.15, 0.2) is 11.6 Å². The van der Waals surface area contributed by atoms with Gasteiger partial charge in [0.25, 0.3) is 0 Å². The minimum Gasteiger partial charge on any atom is -0.411 e. The highest BCUT2D eigenvalue weighted by Crippen LogP contribution is 2.40. The molecule has 0 radical (unpaired) electrons. The van der Waals surface area contributed by atoms with Crippen LogP contribution >= 0.6 is 0 Å². The third-order valence-corrected chi connectivity index (χ3v) is 9.24. The summed E-state index contributed by atoms with van der Waals surface area (Å²) in [4.78, 5) is 11.9. The Morgan fingerprint density at radius 2 is 1.90 bits per heavy atom. The van der Waals surface area contributed by atoms with Gasteiger partial charge in [-0.2, -0.15) is 0 Å². The molecule has 0 unspecified atom stereocenters. The van der Waals surface area contributed by atoms with Gasteiger partial charge in [0, 0.05) is 5.57 Å². The van der Waals surface area contributed by atoms with E-state index in [-0.39, 0.29) is 29.6 Å². The molecular weight excluding hydrogens is 282 g/mol. The molecule has 0 aromatic heterocycles. The van der Waals surface area contributed by atoms with Crippen LogP contribution in [0.25, 0.3) is 0 Å². The summed E-state index contributed by atoms with van der Waals surface area (Å²) in [6.07, 6.45) is 1.61. The summed E-state index contributed by atoms with van der Waals surface area (Å²) >= 11 is 0. The molecule has 1 amide bonds. The fourth-order valence-corrected chi connectivity index (χ4v) is 3.93. The van der Waals surface area contributed by atoms with Crippen LogP contribution in [-0.4, -0.2) is 37.6 Å². The Bertz CT molecular complexity index is 437. The van der Waals surface area contributed by atoms with Crippen molar-refractivity contribution in [1.29, 1.82) is 0 Å². The van der Waals surface area contributed by atoms with E-state index in [4.69, 9.17) is 4.43 Å². The number of hydrogen-bond donors (Lipinski definition) is 2. The maximum absolute atomic E-state index is 11.9. The summed E-state index contributed by atoms with van der Waals surface area (Å²) < 4.78 is 6.56. The molecule has 0 saturated heterocycles. The quantitative estimate of drug-likeness (QED) is 0.767. The Morgan fingerprint density at radius 3 is 2.19 bits per heavy atom. The van der Waals surface area contributed by atoms with Gasteiger partial charge in [-0.15, -0.1) is 0 Å². The fourth-order valence-electron chi connectivity index (χ4n) is 2.46. The first-order valence-electron chi connectivity index (χ1n) is 7.67. The third kappa shape index (κ3) is 3.58. The predicted octanol–water partition coefficient (Wildman–Crippen LogP) is 2.84. The second kappa shape index (κ2) is 5.86. The van der Waals surface area contributed by atoms with E-state index in [1.807, 2.05) is 6.08 Å². The second-order valence-electron chi connectivity index (χ2n) is 8.02. The molecule has 21 heavy (non-hydrogen) atoms. The molecule has 0 spiro atoms. The van der Waals surface area contributed by atoms with Crippen molar-refractivity contribution in [2.75, 3.05) is 6.61 Å². The van der Waals surface area contributed by atoms with Gasteiger partial charge in [-0.25, -0.2) is 0 Å². The van der Waals surface area contributed by atoms with E-state index in [9.17, 15) is 9.90 Å². The van der Waals surface area contributed by atoms with Crippen molar-refractivity contribution in [3.05, 3.63) is 11.6 Å². The van der Waals surface area contributed by atoms with Crippen molar-refractivity contribution < 1.29 is 14.3 Å². The number of amides is 1. The fraction of sp³-hybridized carbons (Fsp3) is 0.812. The lowest BCUT2D eigenvalue weighted by molar-refractivity contribution is -0.119. The topological polar surface area (TPSA) is 58.6 Å². The lowest BCUT2D eigenvalue weighted by Gasteiger charge is -2.46. The van der Waals surface area contributed by atoms with Gasteiger partial charge in [0.15, 0.2) is 8.32 Å². The Kier molecular flexibility index (Phi) is 5.13. The zero-order valence-electron chi connectivity index (χ0n) is 14.7. The van der Waals surface area contributed by atoms with Gasteiger partial charge in [-0.1, -0.05) is 34.6 Å². The van der Waals surface area contributed by atoms with Crippen molar-refractivity contribution in [2.45, 2.75) is 71.3 Å². The molecule has 1 rings (SSSR count). The Balaban J connectivity index is 3.16. The Labute approximate surface area is 130 Å². The van der Waals surface area contributed by atoms with E-state index >= 15 is 0 Å². The van der Waals surface area contributed by atoms with Crippen molar-refractivity contribution in [2.24, 2.45) is 5.92 Å². The van der Waals surface area contributed by atoms with Gasteiger partial charge in [0.2, 0.25) is 5.91 Å². The lowest BCUT2D eigenvalue weighted by atomic mass is 9.86. The molecule has 0 fully saturated rings. The summed E-state index contributed by atoms with van der Waals surface area (Å²) in [6.45, 7) is 16.7. The van der Waals surface area contributed by atoms with Crippen LogP contribution < -0.4 is 5.32 Å². The predicted molar refractivity (Wildman–Crippen MR) is 88.6 cm³/mol. The zero-order chi connectivity index (χ0) is 16.6. The largest absolute Gasteiger partial charge is 0.411 e. The number of rotatable bonds is 5. The lowest BCUT2D eigenvalue weighted by Crippen LogP contribution is -2.61. The normalized spacial score (nSPS) is 25.0. The van der Waals surface area contributed by atoms with Crippen LogP contribution in [0.5, 0.6) is 0 Å². The molecule has 4 nitrogen and oxygen atoms in total. The molecule has 2 N–H and O–H groups in total. The van der Waals surface area contributed by atoms with Crippen molar-refractivity contribution in [3.63, 3.8) is 0 Å². The summed E-state index contributed by atoms with van der Waals surface area (Å²) in [5.74, 6) is 0.0715. The number of aliphatic hydroxyl groups excluding tert-OH is 1. The first-order chi connectivity index (χ1) is 9.36. The van der Waals surface area contributed by atoms with Crippen molar-refractivity contribution in [1.82, 2.24) is 5.32 Å². The van der Waals surface area contributed by atoms with Gasteiger partial charge >= 0.3 is 0 Å². The van der Waals surface area contributed by atoms with E-state index in [0.717, 1.165) is 0 Å². The van der Waals surface area contributed by atoms with Crippen LogP contribution in [0.3, 0.4) is 0 Å². The van der Waals surface area contributed by atoms with Crippen LogP contribution in [0.1, 0.15) is 41.5 Å². The maximum atomic E-state index is 11.9. The molecule has 0 aliphatic carbocycles. The van der Waals surface area contributed by atoms with Gasteiger partial charge in [-0.3, -0.25) is 4.79 Å². The third-order valence-electron chi connectivity index (χ3n) is 4.78. The molecule has 0 aromatic rings. The van der Waals surface area contributed by atoms with Gasteiger partial charge in [-0.05, 0) is 37.0 Å². The molecule has 122 valence electrons. The number of nitrogens with one attached hydrogen (secondary N) is 1. The average molecular weight is 314 g/mol. The number of aliphatic hydroxyl groups is 1. The van der Waals surface area contributed by atoms with Crippen LogP contribution in [0, 0.1) is 5.92 Å². The van der Waals surface area contributed by atoms with Crippen LogP contribution in [-0.2, 0) is 9.22 Å². The highest BCUT2D eigenvalue weighted by atomic mass is 28.4. The number of carbonyl (C=O) groups excluding carboxylic acids is 1. The second-order valence-corrected chi connectivity index (χ2v) is 12.8. The summed E-state index contributed by atoms with van der Waals surface area (Å²) in [5, 5.41) is 13.0. The van der Waals surface area contributed by atoms with E-state index in [1.54, 1.807) is 6.92 Å². The molecule has 1 aliphatic heterocycles. The SMILES string of the molecule is CC1=C[C@@](CO)([C@@H](O[Si](C)(C)C(C)(C)C)C(C)C)NC1=O. The summed E-state index contributed by atoms with van der Waals surface area (Å²) in [5.41, 5.74) is -0.154. The van der Waals surface area contributed by atoms with Gasteiger partial charge in [0.1, 0.15) is 5.54 Å². The monoisotopic (exact) mass is 313 g/mol. The van der Waals surface area contributed by atoms with Gasteiger partial charge in [0.05, 0.1) is 12.7 Å². The summed E-state index contributed by atoms with van der Waals surface area (Å²) in [6, 6.07) is 0. The standard InChI is InChI=1S/C16H31NO3Si/c1-11(2)13(20-21(7,8)15(4,5)6)16(10-18)9-12(3)14(19)17-16/h9,11,13,18H,10H2,1-8H3,(H,17,19)/t13-,16+/m0/s1. The smallest absolute Gasteiger partial charge is 0.247 e. The number of carbonyl (C=O) groups is 1. The molecule has 1 aliphatic rings.